The fourth-order valence-electron chi connectivity index (χ4n) is 3.96. The third-order valence-corrected chi connectivity index (χ3v) is 6.78. The van der Waals surface area contributed by atoms with Crippen molar-refractivity contribution in [2.24, 2.45) is 5.92 Å². The zero-order valence-electron chi connectivity index (χ0n) is 17.7. The fourth-order valence-corrected chi connectivity index (χ4v) is 4.97. The van der Waals surface area contributed by atoms with E-state index in [1.165, 1.54) is 18.2 Å². The van der Waals surface area contributed by atoms with Gasteiger partial charge in [0.05, 0.1) is 28.8 Å². The molecule has 0 aliphatic heterocycles. The van der Waals surface area contributed by atoms with Crippen LogP contribution >= 0.6 is 11.8 Å². The number of nitrogens with one attached hydrogen (secondary N) is 1. The van der Waals surface area contributed by atoms with Gasteiger partial charge in [0.25, 0.3) is 5.56 Å². The number of benzene rings is 1. The predicted octanol–water partition coefficient (Wildman–Crippen LogP) is 3.78. The van der Waals surface area contributed by atoms with E-state index in [1.54, 1.807) is 17.7 Å². The molecule has 2 aromatic rings. The monoisotopic (exact) mass is 417 g/mol. The van der Waals surface area contributed by atoms with Gasteiger partial charge in [-0.15, -0.1) is 0 Å². The fraction of sp³-hybridized carbons (Fsp3) is 0.591. The summed E-state index contributed by atoms with van der Waals surface area (Å²) in [7, 11) is 1.62. The van der Waals surface area contributed by atoms with Crippen molar-refractivity contribution in [3.05, 3.63) is 34.6 Å². The topological polar surface area (TPSA) is 73.2 Å². The van der Waals surface area contributed by atoms with Crippen molar-refractivity contribution in [1.29, 1.82) is 0 Å². The molecule has 1 aliphatic rings. The van der Waals surface area contributed by atoms with Gasteiger partial charge in [0, 0.05) is 13.2 Å². The molecular formula is C22H31N3O3S. The Bertz CT molecular complexity index is 914. The lowest BCUT2D eigenvalue weighted by Crippen LogP contribution is -2.44. The summed E-state index contributed by atoms with van der Waals surface area (Å²) >= 11 is 1.34. The first kappa shape index (κ1) is 21.8. The van der Waals surface area contributed by atoms with E-state index in [1.807, 2.05) is 32.0 Å². The van der Waals surface area contributed by atoms with Gasteiger partial charge in [0.15, 0.2) is 5.16 Å². The maximum Gasteiger partial charge on any atom is 0.262 e. The Kier molecular flexibility index (Phi) is 7.35. The summed E-state index contributed by atoms with van der Waals surface area (Å²) in [6.45, 7) is 6.41. The Labute approximate surface area is 176 Å². The molecule has 6 nitrogen and oxygen atoms in total. The van der Waals surface area contributed by atoms with Gasteiger partial charge in [-0.2, -0.15) is 0 Å². The number of rotatable bonds is 7. The number of hydrogen-bond acceptors (Lipinski definition) is 5. The summed E-state index contributed by atoms with van der Waals surface area (Å²) in [6.07, 6.45) is 4.60. The van der Waals surface area contributed by atoms with Crippen LogP contribution in [-0.2, 0) is 9.53 Å². The molecule has 1 aliphatic carbocycles. The molecule has 1 fully saturated rings. The second-order valence-corrected chi connectivity index (χ2v) is 9.34. The number of thioether (sulfide) groups is 1. The lowest BCUT2D eigenvalue weighted by Gasteiger charge is -2.30. The molecule has 0 bridgehead atoms. The van der Waals surface area contributed by atoms with Gasteiger partial charge in [-0.05, 0) is 44.7 Å². The number of fused-ring (bicyclic) bond motifs is 1. The molecular weight excluding hydrogens is 386 g/mol. The minimum Gasteiger partial charge on any atom is -0.383 e. The van der Waals surface area contributed by atoms with Crippen LogP contribution in [0.3, 0.4) is 0 Å². The zero-order valence-corrected chi connectivity index (χ0v) is 18.5. The first-order valence-electron chi connectivity index (χ1n) is 10.4. The molecule has 3 rings (SSSR count). The number of amides is 1. The molecule has 1 heterocycles. The standard InChI is InChI=1S/C22H31N3O3S/c1-14-9-5-7-11-18(14)23-20(26)16(3)29-22-24-19-12-8-6-10-17(19)21(27)25(22)15(2)13-28-4/h6,8,10,12,14-16,18H,5,7,9,11,13H2,1-4H3,(H,23,26)/t14-,15-,16+,18+/m0/s1. The number of methoxy groups -OCH3 is 1. The van der Waals surface area contributed by atoms with E-state index >= 15 is 0 Å². The molecule has 158 valence electrons. The van der Waals surface area contributed by atoms with Crippen LogP contribution in [0, 0.1) is 5.92 Å². The van der Waals surface area contributed by atoms with Gasteiger partial charge < -0.3 is 10.1 Å². The molecule has 1 saturated carbocycles. The first-order chi connectivity index (χ1) is 13.9. The average molecular weight is 418 g/mol. The molecule has 1 aromatic heterocycles. The smallest absolute Gasteiger partial charge is 0.262 e. The van der Waals surface area contributed by atoms with Crippen molar-refractivity contribution < 1.29 is 9.53 Å². The number of hydrogen-bond donors (Lipinski definition) is 1. The molecule has 0 saturated heterocycles. The maximum atomic E-state index is 13.1. The number of para-hydroxylation sites is 1. The normalized spacial score (nSPS) is 21.7. The minimum atomic E-state index is -0.349. The molecule has 1 aromatic carbocycles. The lowest BCUT2D eigenvalue weighted by molar-refractivity contribution is -0.121. The molecule has 7 heteroatoms. The number of aromatic nitrogens is 2. The van der Waals surface area contributed by atoms with E-state index in [2.05, 4.69) is 12.2 Å². The van der Waals surface area contributed by atoms with Gasteiger partial charge >= 0.3 is 0 Å². The van der Waals surface area contributed by atoms with E-state index in [-0.39, 0.29) is 28.8 Å². The van der Waals surface area contributed by atoms with Crippen molar-refractivity contribution in [3.63, 3.8) is 0 Å². The minimum absolute atomic E-state index is 0.00195. The van der Waals surface area contributed by atoms with Crippen LogP contribution in [-0.4, -0.2) is 40.5 Å². The second kappa shape index (κ2) is 9.76. The van der Waals surface area contributed by atoms with Gasteiger partial charge in [-0.1, -0.05) is 43.7 Å². The highest BCUT2D eigenvalue weighted by molar-refractivity contribution is 8.00. The molecule has 0 radical (unpaired) electrons. The van der Waals surface area contributed by atoms with Crippen LogP contribution in [0.25, 0.3) is 10.9 Å². The van der Waals surface area contributed by atoms with Crippen molar-refractivity contribution in [2.75, 3.05) is 13.7 Å². The molecule has 0 unspecified atom stereocenters. The number of nitrogens with zero attached hydrogens (tertiary/aromatic N) is 2. The maximum absolute atomic E-state index is 13.1. The Morgan fingerprint density at radius 1 is 1.31 bits per heavy atom. The largest absolute Gasteiger partial charge is 0.383 e. The molecule has 1 N–H and O–H groups in total. The van der Waals surface area contributed by atoms with Gasteiger partial charge in [-0.25, -0.2) is 4.98 Å². The van der Waals surface area contributed by atoms with Crippen LogP contribution in [0.1, 0.15) is 52.5 Å². The highest BCUT2D eigenvalue weighted by atomic mass is 32.2. The zero-order chi connectivity index (χ0) is 21.0. The summed E-state index contributed by atoms with van der Waals surface area (Å²) < 4.78 is 6.93. The van der Waals surface area contributed by atoms with Crippen molar-refractivity contribution in [1.82, 2.24) is 14.9 Å². The number of ether oxygens (including phenoxy) is 1. The van der Waals surface area contributed by atoms with E-state index < -0.39 is 0 Å². The van der Waals surface area contributed by atoms with Crippen LogP contribution in [0.2, 0.25) is 0 Å². The SMILES string of the molecule is COC[C@H](C)n1c(S[C@H](C)C(=O)N[C@@H]2CCCC[C@@H]2C)nc2ccccc2c1=O. The lowest BCUT2D eigenvalue weighted by atomic mass is 9.86. The summed E-state index contributed by atoms with van der Waals surface area (Å²) in [5.74, 6) is 0.505. The van der Waals surface area contributed by atoms with E-state index in [0.717, 1.165) is 19.3 Å². The first-order valence-corrected chi connectivity index (χ1v) is 11.3. The van der Waals surface area contributed by atoms with Crippen LogP contribution in [0.15, 0.2) is 34.2 Å². The molecule has 29 heavy (non-hydrogen) atoms. The summed E-state index contributed by atoms with van der Waals surface area (Å²) in [5, 5.41) is 4.00. The average Bonchev–Trinajstić information content (AvgIpc) is 2.70. The molecule has 4 atom stereocenters. The molecule has 0 spiro atoms. The molecule has 1 amide bonds. The Morgan fingerprint density at radius 3 is 2.76 bits per heavy atom. The van der Waals surface area contributed by atoms with E-state index in [0.29, 0.717) is 28.6 Å². The summed E-state index contributed by atoms with van der Waals surface area (Å²) in [5.41, 5.74) is 0.547. The number of carbonyl (C=O) groups is 1. The summed E-state index contributed by atoms with van der Waals surface area (Å²) in [4.78, 5) is 30.7. The Morgan fingerprint density at radius 2 is 2.03 bits per heavy atom. The highest BCUT2D eigenvalue weighted by Crippen LogP contribution is 2.27. The van der Waals surface area contributed by atoms with Crippen molar-refractivity contribution >= 4 is 28.6 Å². The second-order valence-electron chi connectivity index (χ2n) is 8.03. The Balaban J connectivity index is 1.86. The van der Waals surface area contributed by atoms with Crippen LogP contribution in [0.4, 0.5) is 0 Å². The summed E-state index contributed by atoms with van der Waals surface area (Å²) in [6, 6.07) is 7.38. The van der Waals surface area contributed by atoms with Crippen molar-refractivity contribution in [3.8, 4) is 0 Å². The third-order valence-electron chi connectivity index (χ3n) is 5.71. The van der Waals surface area contributed by atoms with Crippen LogP contribution in [0.5, 0.6) is 0 Å². The predicted molar refractivity (Wildman–Crippen MR) is 117 cm³/mol. The van der Waals surface area contributed by atoms with Crippen LogP contribution < -0.4 is 10.9 Å². The van der Waals surface area contributed by atoms with E-state index in [9.17, 15) is 9.59 Å². The quantitative estimate of drug-likeness (QED) is 0.548. The van der Waals surface area contributed by atoms with E-state index in [4.69, 9.17) is 9.72 Å². The third kappa shape index (κ3) is 5.01. The van der Waals surface area contributed by atoms with Gasteiger partial charge in [-0.3, -0.25) is 14.2 Å². The number of carbonyl (C=O) groups excluding carboxylic acids is 1. The van der Waals surface area contributed by atoms with Crippen molar-refractivity contribution in [2.45, 2.75) is 68.9 Å². The van der Waals surface area contributed by atoms with Gasteiger partial charge in [0.1, 0.15) is 0 Å². The van der Waals surface area contributed by atoms with Gasteiger partial charge in [0.2, 0.25) is 5.91 Å². The highest BCUT2D eigenvalue weighted by Gasteiger charge is 2.27. The Hall–Kier alpha value is -1.86.